The number of ether oxygens (including phenoxy) is 1. The molecule has 1 heterocycles. The lowest BCUT2D eigenvalue weighted by Crippen LogP contribution is -2.19. The van der Waals surface area contributed by atoms with Gasteiger partial charge in [0.05, 0.1) is 12.3 Å². The van der Waals surface area contributed by atoms with E-state index in [1.807, 2.05) is 13.1 Å². The molecule has 2 atom stereocenters. The summed E-state index contributed by atoms with van der Waals surface area (Å²) >= 11 is 0. The largest absolute Gasteiger partial charge is 0.373 e. The third kappa shape index (κ3) is 3.68. The maximum absolute atomic E-state index is 5.73. The molecule has 1 N–H and O–H groups in total. The van der Waals surface area contributed by atoms with E-state index < -0.39 is 0 Å². The predicted octanol–water partition coefficient (Wildman–Crippen LogP) is 2.51. The lowest BCUT2D eigenvalue weighted by Gasteiger charge is -2.24. The first kappa shape index (κ1) is 13.3. The number of rotatable bonds is 6. The van der Waals surface area contributed by atoms with Crippen molar-refractivity contribution in [3.8, 4) is 0 Å². The maximum Gasteiger partial charge on any atom is 0.162 e. The number of allylic oxidation sites excluding steroid dienone is 2. The second-order valence-electron chi connectivity index (χ2n) is 5.01. The highest BCUT2D eigenvalue weighted by Gasteiger charge is 2.18. The molecule has 2 rings (SSSR count). The smallest absolute Gasteiger partial charge is 0.162 e. The molecule has 0 saturated carbocycles. The molecule has 0 amide bonds. The third-order valence-electron chi connectivity index (χ3n) is 3.46. The molecule has 18 heavy (non-hydrogen) atoms. The molecule has 4 heteroatoms. The Balaban J connectivity index is 1.72. The number of nitrogens with zero attached hydrogens (tertiary/aromatic N) is 1. The van der Waals surface area contributed by atoms with Gasteiger partial charge in [-0.15, -0.1) is 0 Å². The van der Waals surface area contributed by atoms with Gasteiger partial charge >= 0.3 is 0 Å². The molecule has 2 unspecified atom stereocenters. The van der Waals surface area contributed by atoms with Crippen LogP contribution in [0.5, 0.6) is 0 Å². The molecule has 1 aliphatic rings. The second-order valence-corrected chi connectivity index (χ2v) is 5.01. The highest BCUT2D eigenvalue weighted by molar-refractivity contribution is 5.04. The highest BCUT2D eigenvalue weighted by Crippen LogP contribution is 2.25. The SMILES string of the molecule is CNCc1cc(COCC2CC=CCC2C)on1. The van der Waals surface area contributed by atoms with E-state index in [4.69, 9.17) is 9.26 Å². The quantitative estimate of drug-likeness (QED) is 0.788. The Morgan fingerprint density at radius 2 is 2.28 bits per heavy atom. The first-order valence-electron chi connectivity index (χ1n) is 6.61. The van der Waals surface area contributed by atoms with Crippen LogP contribution in [-0.2, 0) is 17.9 Å². The van der Waals surface area contributed by atoms with Gasteiger partial charge in [0.25, 0.3) is 0 Å². The first-order chi connectivity index (χ1) is 8.79. The van der Waals surface area contributed by atoms with E-state index in [2.05, 4.69) is 29.5 Å². The monoisotopic (exact) mass is 250 g/mol. The van der Waals surface area contributed by atoms with Crippen LogP contribution in [0.3, 0.4) is 0 Å². The molecule has 100 valence electrons. The lowest BCUT2D eigenvalue weighted by molar-refractivity contribution is 0.0554. The summed E-state index contributed by atoms with van der Waals surface area (Å²) in [6.45, 7) is 4.34. The summed E-state index contributed by atoms with van der Waals surface area (Å²) < 4.78 is 10.9. The van der Waals surface area contributed by atoms with Crippen molar-refractivity contribution in [2.75, 3.05) is 13.7 Å². The zero-order valence-electron chi connectivity index (χ0n) is 11.2. The van der Waals surface area contributed by atoms with E-state index in [0.717, 1.165) is 31.0 Å². The van der Waals surface area contributed by atoms with Crippen LogP contribution in [0.2, 0.25) is 0 Å². The van der Waals surface area contributed by atoms with Gasteiger partial charge in [-0.3, -0.25) is 0 Å². The Morgan fingerprint density at radius 3 is 3.06 bits per heavy atom. The van der Waals surface area contributed by atoms with Crippen LogP contribution in [0.25, 0.3) is 0 Å². The van der Waals surface area contributed by atoms with Gasteiger partial charge in [-0.2, -0.15) is 0 Å². The molecule has 0 saturated heterocycles. The first-order valence-corrected chi connectivity index (χ1v) is 6.61. The minimum atomic E-state index is 0.518. The van der Waals surface area contributed by atoms with E-state index >= 15 is 0 Å². The summed E-state index contributed by atoms with van der Waals surface area (Å²) in [6.07, 6.45) is 6.82. The van der Waals surface area contributed by atoms with Crippen molar-refractivity contribution in [3.63, 3.8) is 0 Å². The van der Waals surface area contributed by atoms with E-state index in [1.165, 1.54) is 6.42 Å². The fourth-order valence-electron chi connectivity index (χ4n) is 2.24. The molecule has 0 aliphatic heterocycles. The van der Waals surface area contributed by atoms with Gasteiger partial charge in [-0.25, -0.2) is 0 Å². The van der Waals surface area contributed by atoms with Crippen molar-refractivity contribution in [2.45, 2.75) is 32.9 Å². The highest BCUT2D eigenvalue weighted by atomic mass is 16.5. The molecule has 0 aromatic carbocycles. The van der Waals surface area contributed by atoms with Gasteiger partial charge in [0.1, 0.15) is 6.61 Å². The lowest BCUT2D eigenvalue weighted by atomic mass is 9.85. The molecule has 0 spiro atoms. The summed E-state index contributed by atoms with van der Waals surface area (Å²) in [5.74, 6) is 2.15. The number of hydrogen-bond acceptors (Lipinski definition) is 4. The molecule has 1 aliphatic carbocycles. The van der Waals surface area contributed by atoms with E-state index in [1.54, 1.807) is 0 Å². The fraction of sp³-hybridized carbons (Fsp3) is 0.643. The number of aromatic nitrogens is 1. The van der Waals surface area contributed by atoms with Crippen LogP contribution in [0, 0.1) is 11.8 Å². The van der Waals surface area contributed by atoms with Crippen LogP contribution in [0.4, 0.5) is 0 Å². The molecular weight excluding hydrogens is 228 g/mol. The van der Waals surface area contributed by atoms with E-state index in [-0.39, 0.29) is 0 Å². The Labute approximate surface area is 108 Å². The van der Waals surface area contributed by atoms with Gasteiger partial charge in [-0.1, -0.05) is 24.2 Å². The predicted molar refractivity (Wildman–Crippen MR) is 70.0 cm³/mol. The third-order valence-corrected chi connectivity index (χ3v) is 3.46. The van der Waals surface area contributed by atoms with Crippen LogP contribution >= 0.6 is 0 Å². The summed E-state index contributed by atoms with van der Waals surface area (Å²) in [6, 6.07) is 1.95. The molecule has 1 aromatic rings. The maximum atomic E-state index is 5.73. The Hall–Kier alpha value is -1.13. The molecule has 0 radical (unpaired) electrons. The van der Waals surface area contributed by atoms with Gasteiger partial charge in [0, 0.05) is 12.6 Å². The van der Waals surface area contributed by atoms with Crippen molar-refractivity contribution >= 4 is 0 Å². The minimum Gasteiger partial charge on any atom is -0.373 e. The molecule has 1 aromatic heterocycles. The Bertz CT molecular complexity index is 387. The standard InChI is InChI=1S/C14H22N2O2/c1-11-5-3-4-6-12(11)9-17-10-14-7-13(8-15-2)16-18-14/h3-4,7,11-12,15H,5-6,8-10H2,1-2H3. The summed E-state index contributed by atoms with van der Waals surface area (Å²) in [5, 5.41) is 7.00. The van der Waals surface area contributed by atoms with Crippen molar-refractivity contribution in [1.29, 1.82) is 0 Å². The van der Waals surface area contributed by atoms with Crippen molar-refractivity contribution < 1.29 is 9.26 Å². The van der Waals surface area contributed by atoms with Crippen LogP contribution in [0.15, 0.2) is 22.7 Å². The normalized spacial score (nSPS) is 23.4. The average molecular weight is 250 g/mol. The van der Waals surface area contributed by atoms with Gasteiger partial charge in [0.15, 0.2) is 5.76 Å². The van der Waals surface area contributed by atoms with Crippen molar-refractivity contribution in [2.24, 2.45) is 11.8 Å². The average Bonchev–Trinajstić information content (AvgIpc) is 2.80. The molecule has 0 bridgehead atoms. The topological polar surface area (TPSA) is 47.3 Å². The molecule has 4 nitrogen and oxygen atoms in total. The number of nitrogens with one attached hydrogen (secondary N) is 1. The van der Waals surface area contributed by atoms with Crippen LogP contribution in [0.1, 0.15) is 31.2 Å². The van der Waals surface area contributed by atoms with E-state index in [9.17, 15) is 0 Å². The van der Waals surface area contributed by atoms with Crippen molar-refractivity contribution in [3.05, 3.63) is 29.7 Å². The van der Waals surface area contributed by atoms with Gasteiger partial charge < -0.3 is 14.6 Å². The molecule has 0 fully saturated rings. The minimum absolute atomic E-state index is 0.518. The summed E-state index contributed by atoms with van der Waals surface area (Å²) in [4.78, 5) is 0. The second kappa shape index (κ2) is 6.71. The van der Waals surface area contributed by atoms with Crippen molar-refractivity contribution in [1.82, 2.24) is 10.5 Å². The van der Waals surface area contributed by atoms with Gasteiger partial charge in [-0.05, 0) is 31.7 Å². The van der Waals surface area contributed by atoms with Crippen LogP contribution in [-0.4, -0.2) is 18.8 Å². The van der Waals surface area contributed by atoms with Gasteiger partial charge in [0.2, 0.25) is 0 Å². The van der Waals surface area contributed by atoms with Crippen LogP contribution < -0.4 is 5.32 Å². The zero-order chi connectivity index (χ0) is 12.8. The Kier molecular flexibility index (Phi) is 4.96. The number of hydrogen-bond donors (Lipinski definition) is 1. The summed E-state index contributed by atoms with van der Waals surface area (Å²) in [5.41, 5.74) is 0.921. The molecular formula is C14H22N2O2. The zero-order valence-corrected chi connectivity index (χ0v) is 11.2. The Morgan fingerprint density at radius 1 is 1.44 bits per heavy atom. The fourth-order valence-corrected chi connectivity index (χ4v) is 2.24. The van der Waals surface area contributed by atoms with E-state index in [0.29, 0.717) is 18.4 Å². The summed E-state index contributed by atoms with van der Waals surface area (Å²) in [7, 11) is 1.89.